The molecule has 0 aromatic carbocycles. The van der Waals surface area contributed by atoms with Gasteiger partial charge in [-0.2, -0.15) is 0 Å². The van der Waals surface area contributed by atoms with Gasteiger partial charge in [0.25, 0.3) is 0 Å². The summed E-state index contributed by atoms with van der Waals surface area (Å²) in [5, 5.41) is 0. The molecule has 80 valence electrons. The highest BCUT2D eigenvalue weighted by atomic mass is 16.5. The monoisotopic (exact) mass is 196 g/mol. The summed E-state index contributed by atoms with van der Waals surface area (Å²) in [4.78, 5) is 10.8. The molecular weight excluding hydrogens is 176 g/mol. The quantitative estimate of drug-likeness (QED) is 0.371. The zero-order valence-electron chi connectivity index (χ0n) is 9.43. The summed E-state index contributed by atoms with van der Waals surface area (Å²) in [5.74, 6) is 5.57. The highest BCUT2D eigenvalue weighted by Crippen LogP contribution is 2.10. The van der Waals surface area contributed by atoms with Crippen molar-refractivity contribution in [2.24, 2.45) is 0 Å². The molecule has 0 bridgehead atoms. The summed E-state index contributed by atoms with van der Waals surface area (Å²) >= 11 is 0. The molecule has 1 atom stereocenters. The fourth-order valence-corrected chi connectivity index (χ4v) is 1.28. The van der Waals surface area contributed by atoms with E-state index in [2.05, 4.69) is 18.8 Å². The van der Waals surface area contributed by atoms with Gasteiger partial charge in [0, 0.05) is 13.3 Å². The van der Waals surface area contributed by atoms with Crippen molar-refractivity contribution >= 4 is 5.97 Å². The molecule has 0 aliphatic carbocycles. The van der Waals surface area contributed by atoms with Crippen LogP contribution in [-0.4, -0.2) is 12.1 Å². The molecule has 2 nitrogen and oxygen atoms in total. The van der Waals surface area contributed by atoms with E-state index < -0.39 is 0 Å². The maximum Gasteiger partial charge on any atom is 0.302 e. The second-order valence-corrected chi connectivity index (χ2v) is 3.36. The highest BCUT2D eigenvalue weighted by Gasteiger charge is 2.09. The summed E-state index contributed by atoms with van der Waals surface area (Å²) < 4.78 is 5.16. The third-order valence-corrected chi connectivity index (χ3v) is 1.97. The molecule has 0 radical (unpaired) electrons. The van der Waals surface area contributed by atoms with Gasteiger partial charge in [-0.3, -0.25) is 4.79 Å². The van der Waals surface area contributed by atoms with Gasteiger partial charge < -0.3 is 4.74 Å². The lowest BCUT2D eigenvalue weighted by molar-refractivity contribution is -0.146. The van der Waals surface area contributed by atoms with Crippen LogP contribution in [0.15, 0.2) is 0 Å². The van der Waals surface area contributed by atoms with Gasteiger partial charge in [0.2, 0.25) is 0 Å². The van der Waals surface area contributed by atoms with Crippen LogP contribution in [-0.2, 0) is 9.53 Å². The molecule has 0 saturated carbocycles. The van der Waals surface area contributed by atoms with Crippen LogP contribution in [0, 0.1) is 11.8 Å². The fraction of sp³-hybridized carbons (Fsp3) is 0.750. The third kappa shape index (κ3) is 7.67. The van der Waals surface area contributed by atoms with Crippen molar-refractivity contribution in [3.63, 3.8) is 0 Å². The summed E-state index contributed by atoms with van der Waals surface area (Å²) in [6.07, 6.45) is 5.08. The van der Waals surface area contributed by atoms with Gasteiger partial charge in [-0.05, 0) is 19.8 Å². The van der Waals surface area contributed by atoms with Crippen LogP contribution in [0.2, 0.25) is 0 Å². The van der Waals surface area contributed by atoms with E-state index in [9.17, 15) is 4.79 Å². The van der Waals surface area contributed by atoms with Crippen molar-refractivity contribution in [3.05, 3.63) is 0 Å². The Labute approximate surface area is 87.0 Å². The van der Waals surface area contributed by atoms with Gasteiger partial charge in [0.1, 0.15) is 6.10 Å². The minimum Gasteiger partial charge on any atom is -0.462 e. The smallest absolute Gasteiger partial charge is 0.302 e. The van der Waals surface area contributed by atoms with Crippen molar-refractivity contribution < 1.29 is 9.53 Å². The molecule has 0 aliphatic heterocycles. The van der Waals surface area contributed by atoms with Gasteiger partial charge in [-0.15, -0.1) is 5.92 Å². The lowest BCUT2D eigenvalue weighted by atomic mass is 10.1. The first kappa shape index (κ1) is 13.0. The van der Waals surface area contributed by atoms with E-state index in [0.29, 0.717) is 6.42 Å². The molecule has 0 amide bonds. The first-order valence-electron chi connectivity index (χ1n) is 5.27. The van der Waals surface area contributed by atoms with Gasteiger partial charge >= 0.3 is 5.97 Å². The molecular formula is C12H20O2. The van der Waals surface area contributed by atoms with Crippen LogP contribution in [0.25, 0.3) is 0 Å². The summed E-state index contributed by atoms with van der Waals surface area (Å²) in [7, 11) is 0. The average Bonchev–Trinajstić information content (AvgIpc) is 2.13. The van der Waals surface area contributed by atoms with Gasteiger partial charge in [0.05, 0.1) is 0 Å². The number of hydrogen-bond donors (Lipinski definition) is 0. The summed E-state index contributed by atoms with van der Waals surface area (Å²) in [5.41, 5.74) is 0. The standard InChI is InChI=1S/C12H20O2/c1-4-6-8-10-12(9-7-5-2)14-11(3)13/h12H,4,6,8-10H2,1-3H3/t12-/m0/s1. The maximum atomic E-state index is 10.8. The predicted molar refractivity (Wildman–Crippen MR) is 57.8 cm³/mol. The maximum absolute atomic E-state index is 10.8. The second kappa shape index (κ2) is 8.62. The minimum absolute atomic E-state index is 0.00787. The molecule has 0 aromatic heterocycles. The number of unbranched alkanes of at least 4 members (excludes halogenated alkanes) is 2. The zero-order valence-corrected chi connectivity index (χ0v) is 9.43. The molecule has 0 aliphatic rings. The van der Waals surface area contributed by atoms with Crippen LogP contribution < -0.4 is 0 Å². The van der Waals surface area contributed by atoms with Crippen LogP contribution in [0.5, 0.6) is 0 Å². The summed E-state index contributed by atoms with van der Waals surface area (Å²) in [6.45, 7) is 5.41. The Hall–Kier alpha value is -0.970. The highest BCUT2D eigenvalue weighted by molar-refractivity contribution is 5.66. The van der Waals surface area contributed by atoms with Gasteiger partial charge in [0.15, 0.2) is 0 Å². The number of rotatable bonds is 6. The van der Waals surface area contributed by atoms with Crippen LogP contribution in [0.3, 0.4) is 0 Å². The molecule has 0 N–H and O–H groups in total. The molecule has 0 unspecified atom stereocenters. The number of carbonyl (C=O) groups is 1. The van der Waals surface area contributed by atoms with Crippen molar-refractivity contribution in [1.82, 2.24) is 0 Å². The molecule has 0 aromatic rings. The van der Waals surface area contributed by atoms with E-state index in [1.54, 1.807) is 6.92 Å². The topological polar surface area (TPSA) is 26.3 Å². The zero-order chi connectivity index (χ0) is 10.8. The Morgan fingerprint density at radius 2 is 2.14 bits per heavy atom. The van der Waals surface area contributed by atoms with Crippen molar-refractivity contribution in [2.75, 3.05) is 0 Å². The van der Waals surface area contributed by atoms with E-state index in [1.807, 2.05) is 0 Å². The first-order valence-corrected chi connectivity index (χ1v) is 5.27. The number of carbonyl (C=O) groups excluding carboxylic acids is 1. The Kier molecular flexibility index (Phi) is 8.02. The van der Waals surface area contributed by atoms with Crippen molar-refractivity contribution in [3.8, 4) is 11.8 Å². The SMILES string of the molecule is CC#CC[C@@H](CCCCC)OC(C)=O. The fourth-order valence-electron chi connectivity index (χ4n) is 1.28. The molecule has 0 spiro atoms. The number of esters is 1. The van der Waals surface area contributed by atoms with Gasteiger partial charge in [-0.1, -0.05) is 25.7 Å². The molecule has 14 heavy (non-hydrogen) atoms. The van der Waals surface area contributed by atoms with E-state index in [4.69, 9.17) is 4.74 Å². The van der Waals surface area contributed by atoms with E-state index in [1.165, 1.54) is 19.8 Å². The molecule has 0 rings (SSSR count). The first-order chi connectivity index (χ1) is 6.70. The van der Waals surface area contributed by atoms with Crippen LogP contribution in [0.4, 0.5) is 0 Å². The van der Waals surface area contributed by atoms with Crippen LogP contribution in [0.1, 0.15) is 52.9 Å². The lowest BCUT2D eigenvalue weighted by Crippen LogP contribution is -2.15. The Morgan fingerprint density at radius 1 is 1.43 bits per heavy atom. The third-order valence-electron chi connectivity index (χ3n) is 1.97. The molecule has 0 heterocycles. The van der Waals surface area contributed by atoms with Crippen molar-refractivity contribution in [1.29, 1.82) is 0 Å². The van der Waals surface area contributed by atoms with Crippen molar-refractivity contribution in [2.45, 2.75) is 59.0 Å². The second-order valence-electron chi connectivity index (χ2n) is 3.36. The molecule has 2 heteroatoms. The lowest BCUT2D eigenvalue weighted by Gasteiger charge is -2.13. The summed E-state index contributed by atoms with van der Waals surface area (Å²) in [6, 6.07) is 0. The van der Waals surface area contributed by atoms with Gasteiger partial charge in [-0.25, -0.2) is 0 Å². The number of hydrogen-bond acceptors (Lipinski definition) is 2. The molecule has 0 fully saturated rings. The number of ether oxygens (including phenoxy) is 1. The largest absolute Gasteiger partial charge is 0.462 e. The average molecular weight is 196 g/mol. The predicted octanol–water partition coefficient (Wildman–Crippen LogP) is 2.91. The Bertz CT molecular complexity index is 210. The normalized spacial score (nSPS) is 11.4. The Balaban J connectivity index is 3.82. The minimum atomic E-state index is -0.204. The Morgan fingerprint density at radius 3 is 2.64 bits per heavy atom. The van der Waals surface area contributed by atoms with E-state index >= 15 is 0 Å². The van der Waals surface area contributed by atoms with Crippen LogP contribution >= 0.6 is 0 Å². The van der Waals surface area contributed by atoms with E-state index in [0.717, 1.165) is 12.8 Å². The molecule has 0 saturated heterocycles. The van der Waals surface area contributed by atoms with E-state index in [-0.39, 0.29) is 12.1 Å².